The summed E-state index contributed by atoms with van der Waals surface area (Å²) in [7, 11) is 0. The first kappa shape index (κ1) is 16.3. The number of nitrogens with one attached hydrogen (secondary N) is 2. The third kappa shape index (κ3) is 4.71. The highest BCUT2D eigenvalue weighted by molar-refractivity contribution is 5.95. The van der Waals surface area contributed by atoms with Gasteiger partial charge in [-0.1, -0.05) is 6.07 Å². The molecule has 110 valence electrons. The van der Waals surface area contributed by atoms with Crippen LogP contribution >= 0.6 is 12.4 Å². The molecule has 1 aromatic rings. The number of anilines is 1. The molecule has 7 heteroatoms. The number of ether oxygens (including phenoxy) is 1. The number of rotatable bonds is 5. The van der Waals surface area contributed by atoms with E-state index in [1.54, 1.807) is 24.3 Å². The van der Waals surface area contributed by atoms with Gasteiger partial charge < -0.3 is 21.1 Å². The number of hydrogen-bond acceptors (Lipinski definition) is 4. The Kier molecular flexibility index (Phi) is 6.27. The molecule has 1 fully saturated rings. The number of benzene rings is 1. The zero-order valence-corrected chi connectivity index (χ0v) is 11.7. The maximum Gasteiger partial charge on any atom is 0.255 e. The van der Waals surface area contributed by atoms with E-state index in [0.717, 1.165) is 19.4 Å². The molecule has 6 nitrogen and oxygen atoms in total. The molecule has 0 radical (unpaired) electrons. The van der Waals surface area contributed by atoms with Gasteiger partial charge in [-0.3, -0.25) is 9.59 Å². The van der Waals surface area contributed by atoms with Gasteiger partial charge in [0, 0.05) is 11.8 Å². The molecule has 0 aliphatic carbocycles. The van der Waals surface area contributed by atoms with Crippen molar-refractivity contribution in [1.29, 1.82) is 0 Å². The van der Waals surface area contributed by atoms with Crippen molar-refractivity contribution in [2.75, 3.05) is 18.5 Å². The predicted molar refractivity (Wildman–Crippen MR) is 78.0 cm³/mol. The Morgan fingerprint density at radius 2 is 2.25 bits per heavy atom. The van der Waals surface area contributed by atoms with Crippen LogP contribution in [0.3, 0.4) is 0 Å². The third-order valence-corrected chi connectivity index (χ3v) is 2.86. The maximum atomic E-state index is 11.9. The van der Waals surface area contributed by atoms with Crippen molar-refractivity contribution in [2.24, 2.45) is 5.73 Å². The van der Waals surface area contributed by atoms with Crippen LogP contribution in [0.4, 0.5) is 5.69 Å². The van der Waals surface area contributed by atoms with Gasteiger partial charge in [-0.25, -0.2) is 0 Å². The van der Waals surface area contributed by atoms with Crippen molar-refractivity contribution in [3.8, 4) is 5.75 Å². The smallest absolute Gasteiger partial charge is 0.255 e. The van der Waals surface area contributed by atoms with Gasteiger partial charge in [0.2, 0.25) is 5.91 Å². The fraction of sp³-hybridized carbons (Fsp3) is 0.385. The minimum absolute atomic E-state index is 0. The zero-order valence-electron chi connectivity index (χ0n) is 10.9. The van der Waals surface area contributed by atoms with E-state index >= 15 is 0 Å². The summed E-state index contributed by atoms with van der Waals surface area (Å²) in [6, 6.07) is 6.75. The fourth-order valence-corrected chi connectivity index (χ4v) is 1.96. The SMILES string of the molecule is Cl.NC(=O)COc1cccc(NC(=O)C2CCCN2)c1. The second-order valence-corrected chi connectivity index (χ2v) is 4.42. The van der Waals surface area contributed by atoms with E-state index in [0.29, 0.717) is 11.4 Å². The van der Waals surface area contributed by atoms with Gasteiger partial charge in [0.15, 0.2) is 6.61 Å². The number of primary amides is 1. The first-order chi connectivity index (χ1) is 9.15. The van der Waals surface area contributed by atoms with Gasteiger partial charge in [0.05, 0.1) is 6.04 Å². The molecule has 0 saturated carbocycles. The molecule has 1 saturated heterocycles. The van der Waals surface area contributed by atoms with Crippen LogP contribution in [0.15, 0.2) is 24.3 Å². The van der Waals surface area contributed by atoms with Gasteiger partial charge in [-0.15, -0.1) is 12.4 Å². The average Bonchev–Trinajstić information content (AvgIpc) is 2.91. The average molecular weight is 300 g/mol. The van der Waals surface area contributed by atoms with E-state index in [4.69, 9.17) is 10.5 Å². The topological polar surface area (TPSA) is 93.5 Å². The van der Waals surface area contributed by atoms with Crippen molar-refractivity contribution in [3.63, 3.8) is 0 Å². The lowest BCUT2D eigenvalue weighted by Crippen LogP contribution is -2.35. The van der Waals surface area contributed by atoms with Gasteiger partial charge in [0.25, 0.3) is 5.91 Å². The number of amides is 2. The fourth-order valence-electron chi connectivity index (χ4n) is 1.96. The molecule has 2 rings (SSSR count). The molecule has 1 unspecified atom stereocenters. The van der Waals surface area contributed by atoms with Crippen LogP contribution in [-0.2, 0) is 9.59 Å². The Morgan fingerprint density at radius 3 is 2.90 bits per heavy atom. The highest BCUT2D eigenvalue weighted by atomic mass is 35.5. The van der Waals surface area contributed by atoms with Crippen molar-refractivity contribution < 1.29 is 14.3 Å². The molecular formula is C13H18ClN3O3. The molecule has 0 aromatic heterocycles. The highest BCUT2D eigenvalue weighted by Gasteiger charge is 2.21. The minimum Gasteiger partial charge on any atom is -0.484 e. The first-order valence-electron chi connectivity index (χ1n) is 6.20. The Labute approximate surface area is 123 Å². The van der Waals surface area contributed by atoms with Gasteiger partial charge in [-0.2, -0.15) is 0 Å². The minimum atomic E-state index is -0.537. The van der Waals surface area contributed by atoms with Crippen LogP contribution in [0.25, 0.3) is 0 Å². The lowest BCUT2D eigenvalue weighted by Gasteiger charge is -2.12. The van der Waals surface area contributed by atoms with Crippen LogP contribution in [-0.4, -0.2) is 31.0 Å². The van der Waals surface area contributed by atoms with Crippen molar-refractivity contribution >= 4 is 29.9 Å². The Morgan fingerprint density at radius 1 is 1.45 bits per heavy atom. The summed E-state index contributed by atoms with van der Waals surface area (Å²) >= 11 is 0. The summed E-state index contributed by atoms with van der Waals surface area (Å²) < 4.78 is 5.17. The molecule has 0 bridgehead atoms. The summed E-state index contributed by atoms with van der Waals surface area (Å²) in [4.78, 5) is 22.5. The van der Waals surface area contributed by atoms with E-state index in [1.807, 2.05) is 0 Å². The van der Waals surface area contributed by atoms with E-state index in [1.165, 1.54) is 0 Å². The zero-order chi connectivity index (χ0) is 13.7. The lowest BCUT2D eigenvalue weighted by atomic mass is 10.2. The van der Waals surface area contributed by atoms with Crippen LogP contribution in [0, 0.1) is 0 Å². The second-order valence-electron chi connectivity index (χ2n) is 4.42. The Hall–Kier alpha value is -1.79. The standard InChI is InChI=1S/C13H17N3O3.ClH/c14-12(17)8-19-10-4-1-3-9(7-10)16-13(18)11-5-2-6-15-11;/h1,3-4,7,11,15H,2,5-6,8H2,(H2,14,17)(H,16,18);1H. The summed E-state index contributed by atoms with van der Waals surface area (Å²) in [5.74, 6) is -0.0925. The van der Waals surface area contributed by atoms with E-state index in [-0.39, 0.29) is 31.0 Å². The summed E-state index contributed by atoms with van der Waals surface area (Å²) in [6.07, 6.45) is 1.86. The van der Waals surface area contributed by atoms with E-state index in [9.17, 15) is 9.59 Å². The molecule has 1 atom stereocenters. The largest absolute Gasteiger partial charge is 0.484 e. The lowest BCUT2D eigenvalue weighted by molar-refractivity contribution is -0.120. The molecule has 0 spiro atoms. The third-order valence-electron chi connectivity index (χ3n) is 2.86. The van der Waals surface area contributed by atoms with Crippen LogP contribution in [0.5, 0.6) is 5.75 Å². The molecule has 2 amide bonds. The first-order valence-corrected chi connectivity index (χ1v) is 6.20. The normalized spacial score (nSPS) is 17.1. The molecular weight excluding hydrogens is 282 g/mol. The van der Waals surface area contributed by atoms with Gasteiger partial charge in [0.1, 0.15) is 5.75 Å². The van der Waals surface area contributed by atoms with Crippen molar-refractivity contribution in [3.05, 3.63) is 24.3 Å². The van der Waals surface area contributed by atoms with E-state index < -0.39 is 5.91 Å². The predicted octanol–water partition coefficient (Wildman–Crippen LogP) is 0.663. The summed E-state index contributed by atoms with van der Waals surface area (Å²) in [6.45, 7) is 0.696. The number of hydrogen-bond donors (Lipinski definition) is 3. The molecule has 1 aromatic carbocycles. The number of nitrogens with two attached hydrogens (primary N) is 1. The number of carbonyl (C=O) groups is 2. The van der Waals surface area contributed by atoms with Gasteiger partial charge >= 0.3 is 0 Å². The van der Waals surface area contributed by atoms with E-state index in [2.05, 4.69) is 10.6 Å². The van der Waals surface area contributed by atoms with Crippen LogP contribution in [0.1, 0.15) is 12.8 Å². The highest BCUT2D eigenvalue weighted by Crippen LogP contribution is 2.18. The Balaban J connectivity index is 0.00000200. The summed E-state index contributed by atoms with van der Waals surface area (Å²) in [5.41, 5.74) is 5.64. The number of halogens is 1. The molecule has 1 aliphatic rings. The Bertz CT molecular complexity index is 476. The number of carbonyl (C=O) groups excluding carboxylic acids is 2. The van der Waals surface area contributed by atoms with Crippen LogP contribution in [0.2, 0.25) is 0 Å². The molecule has 1 aliphatic heterocycles. The maximum absolute atomic E-state index is 11.9. The van der Waals surface area contributed by atoms with Crippen molar-refractivity contribution in [1.82, 2.24) is 5.32 Å². The summed E-state index contributed by atoms with van der Waals surface area (Å²) in [5, 5.41) is 5.94. The molecule has 1 heterocycles. The molecule has 20 heavy (non-hydrogen) atoms. The van der Waals surface area contributed by atoms with Gasteiger partial charge in [-0.05, 0) is 31.5 Å². The monoisotopic (exact) mass is 299 g/mol. The van der Waals surface area contributed by atoms with Crippen molar-refractivity contribution in [2.45, 2.75) is 18.9 Å². The van der Waals surface area contributed by atoms with Crippen LogP contribution < -0.4 is 21.1 Å². The molecule has 4 N–H and O–H groups in total. The second kappa shape index (κ2) is 7.72. The quantitative estimate of drug-likeness (QED) is 0.744.